The first-order chi connectivity index (χ1) is 4.62. The van der Waals surface area contributed by atoms with Gasteiger partial charge in [-0.3, -0.25) is 0 Å². The van der Waals surface area contributed by atoms with Crippen LogP contribution in [0.5, 0.6) is 0 Å². The van der Waals surface area contributed by atoms with E-state index in [1.165, 1.54) is 0 Å². The molecule has 10 heavy (non-hydrogen) atoms. The second kappa shape index (κ2) is 4.66. The predicted molar refractivity (Wildman–Crippen MR) is 42.3 cm³/mol. The van der Waals surface area contributed by atoms with E-state index >= 15 is 0 Å². The molecule has 0 radical (unpaired) electrons. The van der Waals surface area contributed by atoms with Crippen molar-refractivity contribution in [2.24, 2.45) is 5.73 Å². The highest BCUT2D eigenvalue weighted by Gasteiger charge is 2.13. The Balaban J connectivity index is 3.42. The van der Waals surface area contributed by atoms with E-state index in [1.54, 1.807) is 0 Å². The molecule has 0 spiro atoms. The van der Waals surface area contributed by atoms with Crippen LogP contribution in [-0.4, -0.2) is 38.4 Å². The second-order valence-corrected chi connectivity index (χ2v) is 2.86. The van der Waals surface area contributed by atoms with Gasteiger partial charge in [0.2, 0.25) is 0 Å². The average Bonchev–Trinajstić information content (AvgIpc) is 1.84. The fraction of sp³-hybridized carbons (Fsp3) is 1.00. The minimum absolute atomic E-state index is 0.619. The maximum absolute atomic E-state index is 5.41. The fourth-order valence-electron chi connectivity index (χ4n) is 0.886. The van der Waals surface area contributed by atoms with Crippen molar-refractivity contribution in [1.29, 1.82) is 0 Å². The van der Waals surface area contributed by atoms with E-state index in [9.17, 15) is 0 Å². The molecule has 0 fully saturated rings. The Kier molecular flexibility index (Phi) is 4.60. The standard InChI is InChI=1S/C7H19N2O/c1-4-10-9(2,3)7-5-6-8/h4-8H2,1-3H3/q+1. The van der Waals surface area contributed by atoms with Crippen LogP contribution in [0.3, 0.4) is 0 Å². The van der Waals surface area contributed by atoms with Crippen molar-refractivity contribution >= 4 is 0 Å². The molecule has 0 atom stereocenters. The van der Waals surface area contributed by atoms with Crippen LogP contribution in [0.4, 0.5) is 0 Å². The summed E-state index contributed by atoms with van der Waals surface area (Å²) in [7, 11) is 4.08. The van der Waals surface area contributed by atoms with E-state index in [4.69, 9.17) is 10.6 Å². The van der Waals surface area contributed by atoms with Gasteiger partial charge in [-0.2, -0.15) is 4.65 Å². The maximum Gasteiger partial charge on any atom is 0.110 e. The van der Waals surface area contributed by atoms with E-state index in [-0.39, 0.29) is 0 Å². The third-order valence-corrected chi connectivity index (χ3v) is 1.38. The monoisotopic (exact) mass is 147 g/mol. The molecule has 0 aliphatic rings. The number of quaternary nitrogens is 1. The van der Waals surface area contributed by atoms with Crippen LogP contribution >= 0.6 is 0 Å². The summed E-state index contributed by atoms with van der Waals surface area (Å²) in [5.74, 6) is 0. The predicted octanol–water partition coefficient (Wildman–Crippen LogP) is 0.363. The van der Waals surface area contributed by atoms with E-state index in [1.807, 2.05) is 21.0 Å². The number of nitrogens with zero attached hydrogens (tertiary/aromatic N) is 1. The van der Waals surface area contributed by atoms with E-state index < -0.39 is 0 Å². The lowest BCUT2D eigenvalue weighted by atomic mass is 10.4. The lowest BCUT2D eigenvalue weighted by molar-refractivity contribution is -1.08. The van der Waals surface area contributed by atoms with Crippen LogP contribution in [0.15, 0.2) is 0 Å². The Bertz CT molecular complexity index is 83.7. The molecule has 0 heterocycles. The second-order valence-electron chi connectivity index (χ2n) is 2.86. The van der Waals surface area contributed by atoms with Gasteiger partial charge in [0.25, 0.3) is 0 Å². The Morgan fingerprint density at radius 1 is 1.40 bits per heavy atom. The highest BCUT2D eigenvalue weighted by molar-refractivity contribution is 4.32. The van der Waals surface area contributed by atoms with Crippen LogP contribution in [0, 0.1) is 0 Å². The average molecular weight is 147 g/mol. The lowest BCUT2D eigenvalue weighted by Gasteiger charge is -2.25. The molecule has 62 valence electrons. The van der Waals surface area contributed by atoms with Gasteiger partial charge < -0.3 is 5.73 Å². The SMILES string of the molecule is CCO[N+](C)(C)CCCN. The molecule has 0 rings (SSSR count). The summed E-state index contributed by atoms with van der Waals surface area (Å²) in [6.45, 7) is 4.50. The van der Waals surface area contributed by atoms with Crippen molar-refractivity contribution in [1.82, 2.24) is 0 Å². The molecule has 0 aliphatic heterocycles. The number of hydrogen-bond donors (Lipinski definition) is 1. The fourth-order valence-corrected chi connectivity index (χ4v) is 0.886. The van der Waals surface area contributed by atoms with Gasteiger partial charge in [0.15, 0.2) is 0 Å². The lowest BCUT2D eigenvalue weighted by Crippen LogP contribution is -2.41. The first-order valence-corrected chi connectivity index (χ1v) is 3.80. The molecule has 0 aromatic heterocycles. The largest absolute Gasteiger partial charge is 0.330 e. The molecular weight excluding hydrogens is 128 g/mol. The first-order valence-electron chi connectivity index (χ1n) is 3.80. The Labute approximate surface area is 63.3 Å². The Morgan fingerprint density at radius 3 is 2.40 bits per heavy atom. The van der Waals surface area contributed by atoms with Crippen molar-refractivity contribution in [2.75, 3.05) is 33.8 Å². The molecule has 3 nitrogen and oxygen atoms in total. The highest BCUT2D eigenvalue weighted by atomic mass is 16.7. The minimum Gasteiger partial charge on any atom is -0.330 e. The van der Waals surface area contributed by atoms with E-state index in [0.717, 1.165) is 26.1 Å². The third-order valence-electron chi connectivity index (χ3n) is 1.38. The maximum atomic E-state index is 5.41. The van der Waals surface area contributed by atoms with Crippen molar-refractivity contribution in [3.63, 3.8) is 0 Å². The summed E-state index contributed by atoms with van der Waals surface area (Å²) in [4.78, 5) is 5.41. The summed E-state index contributed by atoms with van der Waals surface area (Å²) in [6.07, 6.45) is 1.02. The number of hydrogen-bond acceptors (Lipinski definition) is 2. The molecule has 0 aromatic rings. The van der Waals surface area contributed by atoms with Gasteiger partial charge in [-0.25, -0.2) is 4.84 Å². The van der Waals surface area contributed by atoms with Crippen molar-refractivity contribution in [3.05, 3.63) is 0 Å². The zero-order valence-electron chi connectivity index (χ0n) is 7.26. The van der Waals surface area contributed by atoms with E-state index in [0.29, 0.717) is 4.65 Å². The summed E-state index contributed by atoms with van der Waals surface area (Å²) in [5.41, 5.74) is 5.37. The molecular formula is C7H19N2O+. The Hall–Kier alpha value is -0.120. The van der Waals surface area contributed by atoms with Crippen LogP contribution in [-0.2, 0) is 4.84 Å². The molecule has 2 N–H and O–H groups in total. The van der Waals surface area contributed by atoms with E-state index in [2.05, 4.69) is 0 Å². The summed E-state index contributed by atoms with van der Waals surface area (Å²) < 4.78 is 0.619. The van der Waals surface area contributed by atoms with Crippen molar-refractivity contribution in [3.8, 4) is 0 Å². The first kappa shape index (κ1) is 9.88. The third kappa shape index (κ3) is 4.73. The van der Waals surface area contributed by atoms with Crippen molar-refractivity contribution < 1.29 is 9.48 Å². The molecule has 0 amide bonds. The smallest absolute Gasteiger partial charge is 0.110 e. The topological polar surface area (TPSA) is 35.2 Å². The highest BCUT2D eigenvalue weighted by Crippen LogP contribution is 1.98. The van der Waals surface area contributed by atoms with Crippen LogP contribution < -0.4 is 5.73 Å². The quantitative estimate of drug-likeness (QED) is 0.450. The van der Waals surface area contributed by atoms with Gasteiger partial charge in [-0.05, 0) is 13.5 Å². The van der Waals surface area contributed by atoms with Crippen LogP contribution in [0.2, 0.25) is 0 Å². The molecule has 3 heteroatoms. The van der Waals surface area contributed by atoms with Gasteiger partial charge in [0, 0.05) is 6.42 Å². The summed E-state index contributed by atoms with van der Waals surface area (Å²) in [5, 5.41) is 0. The molecule has 0 saturated carbocycles. The molecule has 0 aliphatic carbocycles. The molecule has 0 unspecified atom stereocenters. The summed E-state index contributed by atoms with van der Waals surface area (Å²) >= 11 is 0. The van der Waals surface area contributed by atoms with Crippen LogP contribution in [0.25, 0.3) is 0 Å². The molecule has 0 bridgehead atoms. The number of nitrogens with two attached hydrogens (primary N) is 1. The minimum atomic E-state index is 0.619. The Morgan fingerprint density at radius 2 is 2.00 bits per heavy atom. The zero-order chi connectivity index (χ0) is 8.04. The molecule has 0 saturated heterocycles. The number of hydroxylamine groups is 3. The van der Waals surface area contributed by atoms with Gasteiger partial charge >= 0.3 is 0 Å². The van der Waals surface area contributed by atoms with Crippen LogP contribution in [0.1, 0.15) is 13.3 Å². The molecule has 0 aromatic carbocycles. The van der Waals surface area contributed by atoms with Gasteiger partial charge in [-0.15, -0.1) is 0 Å². The normalized spacial score (nSPS) is 12.0. The van der Waals surface area contributed by atoms with Gasteiger partial charge in [0.1, 0.15) is 13.2 Å². The number of rotatable bonds is 5. The van der Waals surface area contributed by atoms with Gasteiger partial charge in [-0.1, -0.05) is 0 Å². The summed E-state index contributed by atoms with van der Waals surface area (Å²) in [6, 6.07) is 0. The zero-order valence-corrected chi connectivity index (χ0v) is 7.26. The van der Waals surface area contributed by atoms with Gasteiger partial charge in [0.05, 0.1) is 14.1 Å². The van der Waals surface area contributed by atoms with Crippen molar-refractivity contribution in [2.45, 2.75) is 13.3 Å².